The zero-order valence-corrected chi connectivity index (χ0v) is 16.6. The maximum Gasteiger partial charge on any atom is 0.519 e. The van der Waals surface area contributed by atoms with Gasteiger partial charge >= 0.3 is 5.82 Å². The summed E-state index contributed by atoms with van der Waals surface area (Å²) < 4.78 is 18.5. The van der Waals surface area contributed by atoms with Gasteiger partial charge in [-0.25, -0.2) is 9.78 Å². The highest BCUT2D eigenvalue weighted by atomic mass is 16.6. The molecule has 1 N–H and O–H groups in total. The van der Waals surface area contributed by atoms with Gasteiger partial charge in [0.2, 0.25) is 5.95 Å². The minimum absolute atomic E-state index is 0.144. The Labute approximate surface area is 163 Å². The highest BCUT2D eigenvalue weighted by Crippen LogP contribution is 2.40. The third-order valence-electron chi connectivity index (χ3n) is 5.41. The molecule has 0 bridgehead atoms. The zero-order valence-electron chi connectivity index (χ0n) is 16.6. The minimum Gasteiger partial charge on any atom is -0.396 e. The molecule has 2 atom stereocenters. The van der Waals surface area contributed by atoms with Crippen molar-refractivity contribution < 1.29 is 13.6 Å². The number of para-hydroxylation sites is 2. The van der Waals surface area contributed by atoms with Crippen molar-refractivity contribution in [2.24, 2.45) is 5.92 Å². The summed E-state index contributed by atoms with van der Waals surface area (Å²) in [5.74, 6) is 1.27. The van der Waals surface area contributed by atoms with Crippen molar-refractivity contribution in [3.8, 4) is 0 Å². The molecule has 0 spiro atoms. The number of benzene rings is 1. The molecule has 148 valence electrons. The summed E-state index contributed by atoms with van der Waals surface area (Å²) in [5.41, 5.74) is 4.23. The molecule has 0 fully saturated rings. The van der Waals surface area contributed by atoms with Gasteiger partial charge in [0.1, 0.15) is 12.4 Å². The topological polar surface area (TPSA) is 82.4 Å². The van der Waals surface area contributed by atoms with E-state index in [1.165, 1.54) is 5.57 Å². The van der Waals surface area contributed by atoms with Gasteiger partial charge in [0.05, 0.1) is 11.0 Å². The van der Waals surface area contributed by atoms with Crippen LogP contribution in [-0.2, 0) is 11.3 Å². The van der Waals surface area contributed by atoms with Crippen LogP contribution >= 0.6 is 0 Å². The first kappa shape index (κ1) is 18.6. The molecule has 4 rings (SSSR count). The van der Waals surface area contributed by atoms with Gasteiger partial charge in [0, 0.05) is 5.70 Å². The van der Waals surface area contributed by atoms with Gasteiger partial charge < -0.3 is 18.9 Å². The average Bonchev–Trinajstić information content (AvgIpc) is 3.23. The lowest BCUT2D eigenvalue weighted by Gasteiger charge is -2.33. The van der Waals surface area contributed by atoms with E-state index in [0.717, 1.165) is 35.5 Å². The Hall–Kier alpha value is -2.80. The fourth-order valence-electron chi connectivity index (χ4n) is 3.70. The molecule has 3 aromatic rings. The number of ether oxygens (including phenoxy) is 1. The highest BCUT2D eigenvalue weighted by molar-refractivity contribution is 5.80. The minimum atomic E-state index is -0.707. The van der Waals surface area contributed by atoms with Gasteiger partial charge in [0.25, 0.3) is 0 Å². The van der Waals surface area contributed by atoms with Crippen LogP contribution in [0, 0.1) is 12.8 Å². The van der Waals surface area contributed by atoms with Gasteiger partial charge in [-0.3, -0.25) is 4.57 Å². The monoisotopic (exact) mass is 383 g/mol. The van der Waals surface area contributed by atoms with Crippen molar-refractivity contribution >= 4 is 17.0 Å². The fraction of sp³-hybridized carbons (Fsp3) is 0.429. The summed E-state index contributed by atoms with van der Waals surface area (Å²) in [7, 11) is 0. The van der Waals surface area contributed by atoms with Crippen LogP contribution in [0.2, 0.25) is 0 Å². The number of nitrogens with zero attached hydrogens (tertiary/aromatic N) is 2. The number of hydrogen-bond acceptors (Lipinski definition) is 6. The molecule has 1 aliphatic rings. The molecule has 7 nitrogen and oxygen atoms in total. The second-order valence-electron chi connectivity index (χ2n) is 7.12. The summed E-state index contributed by atoms with van der Waals surface area (Å²) >= 11 is 0. The Morgan fingerprint density at radius 2 is 2.07 bits per heavy atom. The van der Waals surface area contributed by atoms with Gasteiger partial charge in [-0.1, -0.05) is 32.9 Å². The third-order valence-corrected chi connectivity index (χ3v) is 5.41. The van der Waals surface area contributed by atoms with Crippen LogP contribution in [0.3, 0.4) is 0 Å². The van der Waals surface area contributed by atoms with E-state index >= 15 is 0 Å². The number of fused-ring (bicyclic) bond motifs is 3. The number of aromatic nitrogens is 2. The van der Waals surface area contributed by atoms with Crippen LogP contribution in [0.25, 0.3) is 11.0 Å². The van der Waals surface area contributed by atoms with Crippen molar-refractivity contribution in [3.63, 3.8) is 0 Å². The van der Waals surface area contributed by atoms with Gasteiger partial charge in [-0.15, -0.1) is 0 Å². The average molecular weight is 383 g/mol. The van der Waals surface area contributed by atoms with Crippen LogP contribution in [-0.4, -0.2) is 9.55 Å². The Morgan fingerprint density at radius 1 is 1.29 bits per heavy atom. The Balaban J connectivity index is 1.80. The quantitative estimate of drug-likeness (QED) is 0.662. The highest BCUT2D eigenvalue weighted by Gasteiger charge is 2.32. The number of anilines is 1. The SMILES string of the molecule is CCC1=C(C(C)CC)Nc2nc3ccccc3n2C1OCc1oc(=O)oc1C. The predicted octanol–water partition coefficient (Wildman–Crippen LogP) is 4.74. The molecule has 0 amide bonds. The van der Waals surface area contributed by atoms with Crippen molar-refractivity contribution in [1.29, 1.82) is 0 Å². The maximum atomic E-state index is 11.4. The molecule has 1 aromatic carbocycles. The van der Waals surface area contributed by atoms with E-state index in [4.69, 9.17) is 18.6 Å². The maximum absolute atomic E-state index is 11.4. The van der Waals surface area contributed by atoms with E-state index < -0.39 is 5.82 Å². The van der Waals surface area contributed by atoms with Crippen molar-refractivity contribution in [1.82, 2.24) is 9.55 Å². The van der Waals surface area contributed by atoms with Crippen LogP contribution in [0.5, 0.6) is 0 Å². The second-order valence-corrected chi connectivity index (χ2v) is 7.12. The molecule has 0 saturated heterocycles. The number of rotatable bonds is 6. The van der Waals surface area contributed by atoms with Crippen LogP contribution in [0.15, 0.2) is 49.2 Å². The number of imidazole rings is 1. The Kier molecular flexibility index (Phi) is 4.85. The van der Waals surface area contributed by atoms with E-state index in [0.29, 0.717) is 17.4 Å². The first-order valence-electron chi connectivity index (χ1n) is 9.71. The number of hydrogen-bond donors (Lipinski definition) is 1. The molecule has 3 heterocycles. The molecule has 2 unspecified atom stereocenters. The van der Waals surface area contributed by atoms with Crippen LogP contribution in [0.1, 0.15) is 51.4 Å². The lowest BCUT2D eigenvalue weighted by molar-refractivity contribution is 0.00663. The van der Waals surface area contributed by atoms with Crippen molar-refractivity contribution in [2.75, 3.05) is 5.32 Å². The molecular formula is C21H25N3O4. The first-order chi connectivity index (χ1) is 13.5. The van der Waals surface area contributed by atoms with E-state index in [2.05, 4.69) is 30.7 Å². The molecule has 28 heavy (non-hydrogen) atoms. The van der Waals surface area contributed by atoms with Crippen molar-refractivity contribution in [3.05, 3.63) is 57.7 Å². The van der Waals surface area contributed by atoms with Gasteiger partial charge in [-0.05, 0) is 43.4 Å². The van der Waals surface area contributed by atoms with E-state index in [9.17, 15) is 4.79 Å². The fourth-order valence-corrected chi connectivity index (χ4v) is 3.70. The number of allylic oxidation sites excluding steroid dienone is 1. The molecular weight excluding hydrogens is 358 g/mol. The van der Waals surface area contributed by atoms with Crippen LogP contribution in [0.4, 0.5) is 5.95 Å². The smallest absolute Gasteiger partial charge is 0.396 e. The predicted molar refractivity (Wildman–Crippen MR) is 106 cm³/mol. The first-order valence-corrected chi connectivity index (χ1v) is 9.71. The van der Waals surface area contributed by atoms with Crippen molar-refractivity contribution in [2.45, 2.75) is 53.4 Å². The third kappa shape index (κ3) is 3.05. The summed E-state index contributed by atoms with van der Waals surface area (Å²) in [4.78, 5) is 16.1. The molecule has 0 radical (unpaired) electrons. The lowest BCUT2D eigenvalue weighted by atomic mass is 9.96. The van der Waals surface area contributed by atoms with E-state index in [1.807, 2.05) is 24.3 Å². The molecule has 0 saturated carbocycles. The lowest BCUT2D eigenvalue weighted by Crippen LogP contribution is -2.28. The molecule has 0 aliphatic carbocycles. The van der Waals surface area contributed by atoms with E-state index in [-0.39, 0.29) is 12.8 Å². The normalized spacial score (nSPS) is 17.6. The summed E-state index contributed by atoms with van der Waals surface area (Å²) in [6.45, 7) is 8.34. The Morgan fingerprint density at radius 3 is 2.75 bits per heavy atom. The summed E-state index contributed by atoms with van der Waals surface area (Å²) in [5, 5.41) is 3.54. The van der Waals surface area contributed by atoms with E-state index in [1.54, 1.807) is 6.92 Å². The van der Waals surface area contributed by atoms with Gasteiger partial charge in [0.15, 0.2) is 12.0 Å². The number of nitrogens with one attached hydrogen (secondary N) is 1. The standard InChI is InChI=1S/C21H25N3O4/c1-5-12(3)18-14(6-2)19(26-11-17-13(4)27-21(25)28-17)24-16-10-8-7-9-15(16)22-20(24)23-18/h7-10,12,19H,5-6,11H2,1-4H3,(H,22,23). The second kappa shape index (κ2) is 7.31. The molecule has 2 aromatic heterocycles. The van der Waals surface area contributed by atoms with Crippen LogP contribution < -0.4 is 11.1 Å². The summed E-state index contributed by atoms with van der Waals surface area (Å²) in [6.07, 6.45) is 1.50. The molecule has 7 heteroatoms. The number of aryl methyl sites for hydroxylation is 1. The van der Waals surface area contributed by atoms with Gasteiger partial charge in [-0.2, -0.15) is 0 Å². The summed E-state index contributed by atoms with van der Waals surface area (Å²) in [6, 6.07) is 8.00. The largest absolute Gasteiger partial charge is 0.519 e. The molecule has 1 aliphatic heterocycles. The zero-order chi connectivity index (χ0) is 19.8. The Bertz CT molecular complexity index is 1090.